The number of hydrogen-bond donors (Lipinski definition) is 2. The average molecular weight is 562 g/mol. The molecular formula is C27H30Cl2FN5O3. The van der Waals surface area contributed by atoms with Crippen molar-refractivity contribution in [3.8, 4) is 0 Å². The first kappa shape index (κ1) is 26.9. The van der Waals surface area contributed by atoms with Crippen molar-refractivity contribution >= 4 is 46.6 Å². The zero-order chi connectivity index (χ0) is 27.2. The second kappa shape index (κ2) is 10.4. The average Bonchev–Trinajstić information content (AvgIpc) is 3.41. The summed E-state index contributed by atoms with van der Waals surface area (Å²) in [4.78, 5) is 45.6. The highest BCUT2D eigenvalue weighted by molar-refractivity contribution is 6.31. The van der Waals surface area contributed by atoms with Gasteiger partial charge >= 0.3 is 0 Å². The molecule has 3 heterocycles. The van der Waals surface area contributed by atoms with Crippen LogP contribution in [0.1, 0.15) is 23.5 Å². The van der Waals surface area contributed by atoms with Gasteiger partial charge in [0.1, 0.15) is 5.82 Å². The van der Waals surface area contributed by atoms with Gasteiger partial charge in [0.25, 0.3) is 0 Å². The van der Waals surface area contributed by atoms with Crippen LogP contribution in [0.2, 0.25) is 10.0 Å². The summed E-state index contributed by atoms with van der Waals surface area (Å²) in [6.07, 6.45) is 0.430. The van der Waals surface area contributed by atoms with Gasteiger partial charge in [-0.15, -0.1) is 0 Å². The van der Waals surface area contributed by atoms with Gasteiger partial charge in [-0.2, -0.15) is 0 Å². The van der Waals surface area contributed by atoms with Crippen LogP contribution < -0.4 is 10.6 Å². The van der Waals surface area contributed by atoms with E-state index in [-0.39, 0.29) is 29.3 Å². The minimum atomic E-state index is -1.23. The molecule has 0 saturated carbocycles. The molecular weight excluding hydrogens is 532 g/mol. The number of benzene rings is 2. The number of anilines is 1. The van der Waals surface area contributed by atoms with Crippen LogP contribution in [-0.4, -0.2) is 91.8 Å². The molecule has 2 fully saturated rings. The standard InChI is InChI=1S/C27H30Cl2FN5O3/c1-33(2)7-6-22(36)34-8-10-35(11-9-34)25(37)24-23(16-4-3-5-17(28)12-16)27(15-31-24)18-13-20(30)19(29)14-21(18)32-26(27)38/h3-5,12-14,23-24,31H,6-11,15H2,1-2H3,(H,32,38)/t23-,24+,27+/m0/s1. The first-order chi connectivity index (χ1) is 18.1. The van der Waals surface area contributed by atoms with E-state index in [1.54, 1.807) is 28.0 Å². The predicted molar refractivity (Wildman–Crippen MR) is 144 cm³/mol. The molecule has 3 amide bonds. The number of carbonyl (C=O) groups excluding carboxylic acids is 3. The summed E-state index contributed by atoms with van der Waals surface area (Å²) in [5, 5.41) is 6.53. The van der Waals surface area contributed by atoms with Gasteiger partial charge in [-0.3, -0.25) is 14.4 Å². The van der Waals surface area contributed by atoms with Crippen LogP contribution in [0.5, 0.6) is 0 Å². The zero-order valence-corrected chi connectivity index (χ0v) is 22.8. The Balaban J connectivity index is 1.44. The summed E-state index contributed by atoms with van der Waals surface area (Å²) >= 11 is 12.3. The van der Waals surface area contributed by atoms with E-state index in [1.807, 2.05) is 25.1 Å². The summed E-state index contributed by atoms with van der Waals surface area (Å²) in [5.74, 6) is -1.69. The van der Waals surface area contributed by atoms with Gasteiger partial charge in [0, 0.05) is 62.3 Å². The molecule has 0 radical (unpaired) electrons. The highest BCUT2D eigenvalue weighted by Crippen LogP contribution is 2.52. The van der Waals surface area contributed by atoms with Crippen LogP contribution in [0.3, 0.4) is 0 Å². The van der Waals surface area contributed by atoms with Crippen LogP contribution in [0.15, 0.2) is 36.4 Å². The Morgan fingerprint density at radius 1 is 1.11 bits per heavy atom. The van der Waals surface area contributed by atoms with E-state index in [9.17, 15) is 18.8 Å². The van der Waals surface area contributed by atoms with Gasteiger partial charge in [0.2, 0.25) is 17.7 Å². The Morgan fingerprint density at radius 2 is 1.82 bits per heavy atom. The largest absolute Gasteiger partial charge is 0.339 e. The van der Waals surface area contributed by atoms with Crippen molar-refractivity contribution in [3.63, 3.8) is 0 Å². The first-order valence-corrected chi connectivity index (χ1v) is 13.4. The molecule has 202 valence electrons. The second-order valence-electron chi connectivity index (χ2n) is 10.4. The van der Waals surface area contributed by atoms with Crippen LogP contribution in [0, 0.1) is 5.82 Å². The third-order valence-corrected chi connectivity index (χ3v) is 8.38. The fourth-order valence-electron chi connectivity index (χ4n) is 5.90. The molecule has 38 heavy (non-hydrogen) atoms. The molecule has 0 aromatic heterocycles. The molecule has 2 aromatic carbocycles. The number of hydrogen-bond acceptors (Lipinski definition) is 5. The summed E-state index contributed by atoms with van der Waals surface area (Å²) < 4.78 is 14.7. The summed E-state index contributed by atoms with van der Waals surface area (Å²) in [6, 6.07) is 9.05. The van der Waals surface area contributed by atoms with E-state index in [2.05, 4.69) is 10.6 Å². The Hall–Kier alpha value is -2.72. The van der Waals surface area contributed by atoms with Crippen LogP contribution in [-0.2, 0) is 19.8 Å². The number of nitrogens with zero attached hydrogens (tertiary/aromatic N) is 3. The van der Waals surface area contributed by atoms with Crippen molar-refractivity contribution in [1.82, 2.24) is 20.0 Å². The molecule has 5 rings (SSSR count). The van der Waals surface area contributed by atoms with Gasteiger partial charge in [0.15, 0.2) is 0 Å². The fraction of sp³-hybridized carbons (Fsp3) is 0.444. The quantitative estimate of drug-likeness (QED) is 0.586. The van der Waals surface area contributed by atoms with E-state index >= 15 is 0 Å². The minimum Gasteiger partial charge on any atom is -0.339 e. The van der Waals surface area contributed by atoms with Crippen molar-refractivity contribution in [3.05, 3.63) is 63.4 Å². The molecule has 2 aromatic rings. The lowest BCUT2D eigenvalue weighted by molar-refractivity contribution is -0.141. The lowest BCUT2D eigenvalue weighted by Gasteiger charge is -2.38. The molecule has 2 N–H and O–H groups in total. The zero-order valence-electron chi connectivity index (χ0n) is 21.3. The first-order valence-electron chi connectivity index (χ1n) is 12.6. The molecule has 0 unspecified atom stereocenters. The molecule has 1 spiro atoms. The van der Waals surface area contributed by atoms with E-state index in [1.165, 1.54) is 12.1 Å². The molecule has 2 saturated heterocycles. The Labute approximate surface area is 231 Å². The van der Waals surface area contributed by atoms with Crippen molar-refractivity contribution in [2.24, 2.45) is 0 Å². The molecule has 0 aliphatic carbocycles. The van der Waals surface area contributed by atoms with Crippen molar-refractivity contribution in [2.75, 3.05) is 58.7 Å². The lowest BCUT2D eigenvalue weighted by atomic mass is 9.68. The predicted octanol–water partition coefficient (Wildman–Crippen LogP) is 2.70. The molecule has 8 nitrogen and oxygen atoms in total. The van der Waals surface area contributed by atoms with Gasteiger partial charge in [-0.25, -0.2) is 4.39 Å². The van der Waals surface area contributed by atoms with Gasteiger partial charge in [0.05, 0.1) is 16.5 Å². The minimum absolute atomic E-state index is 0.0699. The molecule has 0 bridgehead atoms. The fourth-order valence-corrected chi connectivity index (χ4v) is 6.26. The molecule has 11 heteroatoms. The topological polar surface area (TPSA) is 85.0 Å². The normalized spacial score (nSPS) is 24.7. The summed E-state index contributed by atoms with van der Waals surface area (Å²) in [5.41, 5.74) is 0.383. The van der Waals surface area contributed by atoms with E-state index in [4.69, 9.17) is 23.2 Å². The number of piperazine rings is 1. The van der Waals surface area contributed by atoms with E-state index in [0.717, 1.165) is 0 Å². The highest BCUT2D eigenvalue weighted by Gasteiger charge is 2.61. The third kappa shape index (κ3) is 4.66. The van der Waals surface area contributed by atoms with Gasteiger partial charge in [-0.1, -0.05) is 35.3 Å². The molecule has 3 atom stereocenters. The molecule has 3 aliphatic rings. The number of rotatable bonds is 5. The Bertz CT molecular complexity index is 1280. The summed E-state index contributed by atoms with van der Waals surface area (Å²) in [7, 11) is 3.85. The number of amides is 3. The van der Waals surface area contributed by atoms with Crippen LogP contribution >= 0.6 is 23.2 Å². The number of carbonyl (C=O) groups is 3. The van der Waals surface area contributed by atoms with Crippen LogP contribution in [0.25, 0.3) is 0 Å². The number of nitrogens with one attached hydrogen (secondary N) is 2. The van der Waals surface area contributed by atoms with Gasteiger partial charge < -0.3 is 25.3 Å². The van der Waals surface area contributed by atoms with E-state index < -0.39 is 23.2 Å². The molecule has 3 aliphatic heterocycles. The second-order valence-corrected chi connectivity index (χ2v) is 11.2. The van der Waals surface area contributed by atoms with Crippen molar-refractivity contribution in [2.45, 2.75) is 23.8 Å². The Morgan fingerprint density at radius 3 is 2.50 bits per heavy atom. The van der Waals surface area contributed by atoms with Crippen molar-refractivity contribution < 1.29 is 18.8 Å². The maximum Gasteiger partial charge on any atom is 0.240 e. The third-order valence-electron chi connectivity index (χ3n) is 7.85. The Kier molecular flexibility index (Phi) is 7.39. The lowest BCUT2D eigenvalue weighted by Crippen LogP contribution is -2.55. The van der Waals surface area contributed by atoms with Crippen LogP contribution in [0.4, 0.5) is 10.1 Å². The highest BCUT2D eigenvalue weighted by atomic mass is 35.5. The smallest absolute Gasteiger partial charge is 0.240 e. The maximum atomic E-state index is 14.7. The maximum absolute atomic E-state index is 14.7. The number of halogens is 3. The summed E-state index contributed by atoms with van der Waals surface area (Å²) in [6.45, 7) is 2.50. The van der Waals surface area contributed by atoms with Crippen molar-refractivity contribution in [1.29, 1.82) is 0 Å². The SMILES string of the molecule is CN(C)CCC(=O)N1CCN(C(=O)[C@@H]2NC[C@]3(C(=O)Nc4cc(Cl)c(F)cc43)[C@H]2c2cccc(Cl)c2)CC1. The number of fused-ring (bicyclic) bond motifs is 2. The van der Waals surface area contributed by atoms with E-state index in [0.29, 0.717) is 61.0 Å². The monoisotopic (exact) mass is 561 g/mol. The van der Waals surface area contributed by atoms with Gasteiger partial charge in [-0.05, 0) is 49.5 Å².